The van der Waals surface area contributed by atoms with E-state index in [-0.39, 0.29) is 30.7 Å². The van der Waals surface area contributed by atoms with Crippen molar-refractivity contribution in [2.75, 3.05) is 6.54 Å². The predicted molar refractivity (Wildman–Crippen MR) is 117 cm³/mol. The SMILES string of the molecule is Cc1cccnc1CN(Cc1ccccc1)C(=O)C1NCCc2[nH]cnc21.Cl.Cl. The molecule has 6 nitrogen and oxygen atoms in total. The van der Waals surface area contributed by atoms with E-state index in [1.807, 2.05) is 54.3 Å². The largest absolute Gasteiger partial charge is 0.348 e. The van der Waals surface area contributed by atoms with Gasteiger partial charge in [0.1, 0.15) is 6.04 Å². The Kier molecular flexibility index (Phi) is 8.20. The molecule has 2 aromatic heterocycles. The lowest BCUT2D eigenvalue weighted by atomic mass is 10.0. The number of aromatic nitrogens is 3. The van der Waals surface area contributed by atoms with Crippen LogP contribution in [0.2, 0.25) is 0 Å². The van der Waals surface area contributed by atoms with Gasteiger partial charge in [-0.3, -0.25) is 9.78 Å². The molecule has 1 aromatic carbocycles. The van der Waals surface area contributed by atoms with Crippen LogP contribution in [-0.4, -0.2) is 32.3 Å². The van der Waals surface area contributed by atoms with Crippen LogP contribution in [0.4, 0.5) is 0 Å². The summed E-state index contributed by atoms with van der Waals surface area (Å²) in [5, 5.41) is 3.33. The maximum atomic E-state index is 13.5. The van der Waals surface area contributed by atoms with E-state index in [0.717, 1.165) is 41.2 Å². The molecule has 154 valence electrons. The van der Waals surface area contributed by atoms with Crippen molar-refractivity contribution in [1.82, 2.24) is 25.2 Å². The molecule has 0 fully saturated rings. The average Bonchev–Trinajstić information content (AvgIpc) is 3.18. The highest BCUT2D eigenvalue weighted by molar-refractivity contribution is 5.85. The molecule has 0 bridgehead atoms. The molecule has 1 aliphatic rings. The number of H-pyrrole nitrogens is 1. The lowest BCUT2D eigenvalue weighted by Gasteiger charge is -2.30. The molecule has 8 heteroatoms. The van der Waals surface area contributed by atoms with Crippen molar-refractivity contribution in [3.8, 4) is 0 Å². The smallest absolute Gasteiger partial charge is 0.246 e. The number of nitrogens with one attached hydrogen (secondary N) is 2. The van der Waals surface area contributed by atoms with Crippen LogP contribution >= 0.6 is 24.8 Å². The Labute approximate surface area is 183 Å². The summed E-state index contributed by atoms with van der Waals surface area (Å²) in [6.45, 7) is 3.79. The van der Waals surface area contributed by atoms with Crippen LogP contribution in [0, 0.1) is 6.92 Å². The Morgan fingerprint density at radius 3 is 2.66 bits per heavy atom. The zero-order valence-corrected chi connectivity index (χ0v) is 17.8. The lowest BCUT2D eigenvalue weighted by Crippen LogP contribution is -2.43. The molecule has 1 unspecified atom stereocenters. The maximum Gasteiger partial charge on any atom is 0.246 e. The van der Waals surface area contributed by atoms with Gasteiger partial charge in [-0.1, -0.05) is 36.4 Å². The van der Waals surface area contributed by atoms with Crippen LogP contribution in [0.15, 0.2) is 55.0 Å². The second-order valence-corrected chi connectivity index (χ2v) is 6.85. The fourth-order valence-electron chi connectivity index (χ4n) is 3.49. The van der Waals surface area contributed by atoms with Gasteiger partial charge in [-0.15, -0.1) is 24.8 Å². The van der Waals surface area contributed by atoms with E-state index in [4.69, 9.17) is 0 Å². The topological polar surface area (TPSA) is 73.9 Å². The van der Waals surface area contributed by atoms with E-state index in [9.17, 15) is 4.79 Å². The van der Waals surface area contributed by atoms with Crippen molar-refractivity contribution in [3.63, 3.8) is 0 Å². The number of carbonyl (C=O) groups is 1. The Balaban J connectivity index is 0.00000150. The van der Waals surface area contributed by atoms with Gasteiger partial charge in [0.15, 0.2) is 0 Å². The summed E-state index contributed by atoms with van der Waals surface area (Å²) in [5.74, 6) is 0.0250. The Morgan fingerprint density at radius 1 is 1.10 bits per heavy atom. The van der Waals surface area contributed by atoms with Gasteiger partial charge in [0, 0.05) is 31.4 Å². The van der Waals surface area contributed by atoms with Gasteiger partial charge in [-0.05, 0) is 24.1 Å². The molecule has 1 atom stereocenters. The third-order valence-corrected chi connectivity index (χ3v) is 4.98. The van der Waals surface area contributed by atoms with Gasteiger partial charge < -0.3 is 15.2 Å². The predicted octanol–water partition coefficient (Wildman–Crippen LogP) is 3.37. The van der Waals surface area contributed by atoms with Gasteiger partial charge in [-0.25, -0.2) is 4.98 Å². The van der Waals surface area contributed by atoms with Crippen molar-refractivity contribution in [3.05, 3.63) is 83.2 Å². The summed E-state index contributed by atoms with van der Waals surface area (Å²) >= 11 is 0. The first-order valence-electron chi connectivity index (χ1n) is 9.21. The molecule has 1 amide bonds. The molecule has 3 heterocycles. The van der Waals surface area contributed by atoms with E-state index >= 15 is 0 Å². The van der Waals surface area contributed by atoms with Crippen molar-refractivity contribution in [2.24, 2.45) is 0 Å². The first kappa shape index (κ1) is 22.9. The third-order valence-electron chi connectivity index (χ3n) is 4.98. The molecule has 0 spiro atoms. The molecule has 0 saturated carbocycles. The first-order chi connectivity index (χ1) is 13.2. The van der Waals surface area contributed by atoms with Crippen molar-refractivity contribution in [2.45, 2.75) is 32.5 Å². The highest BCUT2D eigenvalue weighted by Crippen LogP contribution is 2.23. The van der Waals surface area contributed by atoms with Crippen LogP contribution in [-0.2, 0) is 24.3 Å². The number of aryl methyl sites for hydroxylation is 1. The number of carbonyl (C=O) groups excluding carboxylic acids is 1. The fraction of sp³-hybridized carbons (Fsp3) is 0.286. The second-order valence-electron chi connectivity index (χ2n) is 6.85. The van der Waals surface area contributed by atoms with E-state index in [1.165, 1.54) is 0 Å². The number of hydrogen-bond acceptors (Lipinski definition) is 4. The van der Waals surface area contributed by atoms with Gasteiger partial charge in [0.2, 0.25) is 5.91 Å². The van der Waals surface area contributed by atoms with E-state index in [0.29, 0.717) is 13.1 Å². The number of benzene rings is 1. The summed E-state index contributed by atoms with van der Waals surface area (Å²) in [6.07, 6.45) is 4.30. The minimum atomic E-state index is -0.423. The minimum absolute atomic E-state index is 0. The van der Waals surface area contributed by atoms with Gasteiger partial charge in [-0.2, -0.15) is 0 Å². The lowest BCUT2D eigenvalue weighted by molar-refractivity contribution is -0.135. The number of fused-ring (bicyclic) bond motifs is 1. The van der Waals surface area contributed by atoms with Crippen molar-refractivity contribution >= 4 is 30.7 Å². The summed E-state index contributed by atoms with van der Waals surface area (Å²) in [7, 11) is 0. The quantitative estimate of drug-likeness (QED) is 0.646. The summed E-state index contributed by atoms with van der Waals surface area (Å²) < 4.78 is 0. The fourth-order valence-corrected chi connectivity index (χ4v) is 3.49. The number of amides is 1. The van der Waals surface area contributed by atoms with Crippen LogP contribution in [0.25, 0.3) is 0 Å². The highest BCUT2D eigenvalue weighted by atomic mass is 35.5. The Hall–Kier alpha value is -2.41. The Morgan fingerprint density at radius 2 is 1.90 bits per heavy atom. The molecule has 1 aliphatic heterocycles. The number of rotatable bonds is 5. The molecule has 4 rings (SSSR count). The summed E-state index contributed by atoms with van der Waals surface area (Å²) in [6, 6.07) is 13.6. The summed E-state index contributed by atoms with van der Waals surface area (Å²) in [4.78, 5) is 27.4. The van der Waals surface area contributed by atoms with Gasteiger partial charge >= 0.3 is 0 Å². The van der Waals surface area contributed by atoms with Crippen LogP contribution in [0.5, 0.6) is 0 Å². The van der Waals surface area contributed by atoms with Gasteiger partial charge in [0.05, 0.1) is 24.3 Å². The minimum Gasteiger partial charge on any atom is -0.348 e. The zero-order valence-electron chi connectivity index (χ0n) is 16.2. The van der Waals surface area contributed by atoms with Gasteiger partial charge in [0.25, 0.3) is 0 Å². The van der Waals surface area contributed by atoms with Crippen LogP contribution < -0.4 is 5.32 Å². The molecule has 0 aliphatic carbocycles. The number of imidazole rings is 1. The second kappa shape index (κ2) is 10.4. The molecule has 3 aromatic rings. The molecule has 2 N–H and O–H groups in total. The number of aromatic amines is 1. The average molecular weight is 434 g/mol. The van der Waals surface area contributed by atoms with E-state index in [2.05, 4.69) is 20.3 Å². The van der Waals surface area contributed by atoms with Crippen LogP contribution in [0.1, 0.15) is 34.3 Å². The molecule has 0 radical (unpaired) electrons. The van der Waals surface area contributed by atoms with E-state index in [1.54, 1.807) is 12.5 Å². The standard InChI is InChI=1S/C21H23N5O.2ClH/c1-15-6-5-10-22-18(15)13-26(12-16-7-3-2-4-8-16)21(27)20-19-17(9-11-23-20)24-14-25-19;;/h2-8,10,14,20,23H,9,11-13H2,1H3,(H,24,25);2*1H. The third kappa shape index (κ3) is 5.15. The normalized spacial score (nSPS) is 14.9. The van der Waals surface area contributed by atoms with Crippen LogP contribution in [0.3, 0.4) is 0 Å². The molecular formula is C21H25Cl2N5O. The maximum absolute atomic E-state index is 13.5. The summed E-state index contributed by atoms with van der Waals surface area (Å²) in [5.41, 5.74) is 4.94. The molecule has 0 saturated heterocycles. The monoisotopic (exact) mass is 433 g/mol. The number of hydrogen-bond donors (Lipinski definition) is 2. The number of nitrogens with zero attached hydrogens (tertiary/aromatic N) is 3. The Bertz CT molecular complexity index is 932. The van der Waals surface area contributed by atoms with Crippen molar-refractivity contribution < 1.29 is 4.79 Å². The number of pyridine rings is 1. The highest BCUT2D eigenvalue weighted by Gasteiger charge is 2.32. The zero-order chi connectivity index (χ0) is 18.6. The molecular weight excluding hydrogens is 409 g/mol. The van der Waals surface area contributed by atoms with Crippen molar-refractivity contribution in [1.29, 1.82) is 0 Å². The first-order valence-corrected chi connectivity index (χ1v) is 9.21. The number of halogens is 2. The molecule has 29 heavy (non-hydrogen) atoms. The van der Waals surface area contributed by atoms with E-state index < -0.39 is 6.04 Å².